The first-order valence-corrected chi connectivity index (χ1v) is 5.79. The number of aliphatic hydroxyl groups is 1. The summed E-state index contributed by atoms with van der Waals surface area (Å²) in [7, 11) is 0. The van der Waals surface area contributed by atoms with E-state index in [0.717, 1.165) is 6.42 Å². The van der Waals surface area contributed by atoms with Crippen LogP contribution in [0.1, 0.15) is 26.2 Å². The van der Waals surface area contributed by atoms with Crippen molar-refractivity contribution in [1.29, 1.82) is 0 Å². The first-order chi connectivity index (χ1) is 8.14. The Morgan fingerprint density at radius 1 is 1.22 bits per heavy atom. The Labute approximate surface area is 101 Å². The van der Waals surface area contributed by atoms with Crippen LogP contribution in [0, 0.1) is 11.8 Å². The molecule has 0 spiro atoms. The van der Waals surface area contributed by atoms with Crippen LogP contribution in [-0.4, -0.2) is 35.1 Å². The van der Waals surface area contributed by atoms with E-state index in [1.165, 1.54) is 0 Å². The van der Waals surface area contributed by atoms with Gasteiger partial charge in [0.1, 0.15) is 6.10 Å². The van der Waals surface area contributed by atoms with Crippen LogP contribution in [0.15, 0.2) is 0 Å². The smallest absolute Gasteiger partial charge is 0.433 e. The van der Waals surface area contributed by atoms with Gasteiger partial charge in [-0.25, -0.2) is 9.18 Å². The minimum atomic E-state index is -5.31. The van der Waals surface area contributed by atoms with Gasteiger partial charge in [0.15, 0.2) is 0 Å². The second-order valence-electron chi connectivity index (χ2n) is 5.19. The maximum absolute atomic E-state index is 13.3. The topological polar surface area (TPSA) is 46.5 Å². The van der Waals surface area contributed by atoms with Crippen LogP contribution in [0.2, 0.25) is 0 Å². The number of hydrogen-bond donors (Lipinski definition) is 1. The van der Waals surface area contributed by atoms with Gasteiger partial charge in [0, 0.05) is 0 Å². The first-order valence-electron chi connectivity index (χ1n) is 5.79. The fourth-order valence-electron chi connectivity index (χ4n) is 2.72. The Hall–Kier alpha value is -0.850. The van der Waals surface area contributed by atoms with E-state index in [1.807, 2.05) is 0 Å². The number of halogens is 4. The average molecular weight is 270 g/mol. The number of fused-ring (bicyclic) bond motifs is 2. The van der Waals surface area contributed by atoms with E-state index in [-0.39, 0.29) is 18.8 Å². The van der Waals surface area contributed by atoms with Crippen LogP contribution in [0.25, 0.3) is 0 Å². The van der Waals surface area contributed by atoms with Crippen molar-refractivity contribution in [1.82, 2.24) is 0 Å². The molecule has 3 nitrogen and oxygen atoms in total. The minimum Gasteiger partial charge on any atom is -0.457 e. The van der Waals surface area contributed by atoms with Crippen LogP contribution in [-0.2, 0) is 9.53 Å². The third-order valence-corrected chi connectivity index (χ3v) is 3.96. The van der Waals surface area contributed by atoms with Crippen molar-refractivity contribution in [3.8, 4) is 0 Å². The Morgan fingerprint density at radius 2 is 1.78 bits per heavy atom. The molecule has 5 atom stereocenters. The molecule has 2 aliphatic rings. The van der Waals surface area contributed by atoms with Crippen LogP contribution >= 0.6 is 0 Å². The number of rotatable bonds is 2. The normalized spacial score (nSPS) is 38.6. The Balaban J connectivity index is 2.04. The van der Waals surface area contributed by atoms with Gasteiger partial charge in [-0.3, -0.25) is 0 Å². The predicted molar refractivity (Wildman–Crippen MR) is 52.3 cm³/mol. The molecule has 7 heteroatoms. The van der Waals surface area contributed by atoms with Gasteiger partial charge in [-0.1, -0.05) is 0 Å². The molecular formula is C11H14F4O3. The molecule has 0 heterocycles. The Bertz CT molecular complexity index is 351. The summed E-state index contributed by atoms with van der Waals surface area (Å²) in [5, 5.41) is 9.72. The average Bonchev–Trinajstić information content (AvgIpc) is 2.80. The van der Waals surface area contributed by atoms with E-state index in [0.29, 0.717) is 12.8 Å². The summed E-state index contributed by atoms with van der Waals surface area (Å²) >= 11 is 0. The van der Waals surface area contributed by atoms with Crippen LogP contribution in [0.5, 0.6) is 0 Å². The summed E-state index contributed by atoms with van der Waals surface area (Å²) in [6, 6.07) is 0. The lowest BCUT2D eigenvalue weighted by Gasteiger charge is -2.30. The fourth-order valence-corrected chi connectivity index (χ4v) is 2.72. The van der Waals surface area contributed by atoms with E-state index in [2.05, 4.69) is 4.74 Å². The lowest BCUT2D eigenvalue weighted by molar-refractivity contribution is -0.239. The number of aliphatic hydroxyl groups excluding tert-OH is 1. The first kappa shape index (κ1) is 13.6. The molecule has 0 saturated heterocycles. The van der Waals surface area contributed by atoms with Gasteiger partial charge in [-0.05, 0) is 38.0 Å². The number of hydrogen-bond acceptors (Lipinski definition) is 3. The molecule has 2 rings (SSSR count). The van der Waals surface area contributed by atoms with Crippen LogP contribution < -0.4 is 0 Å². The standard InChI is InChI=1S/C11H14F4O3/c1-10(12,11(13,14)15)9(17)18-8-6-3-2-5(4-6)7(8)16/h5-8,16H,2-4H2,1H3. The minimum absolute atomic E-state index is 0.0513. The maximum Gasteiger partial charge on any atom is 0.433 e. The zero-order chi connectivity index (χ0) is 13.7. The Morgan fingerprint density at radius 3 is 2.22 bits per heavy atom. The van der Waals surface area contributed by atoms with Gasteiger partial charge in [0.05, 0.1) is 6.10 Å². The summed E-state index contributed by atoms with van der Waals surface area (Å²) < 4.78 is 54.8. The molecule has 2 bridgehead atoms. The highest BCUT2D eigenvalue weighted by Crippen LogP contribution is 2.47. The van der Waals surface area contributed by atoms with Crippen molar-refractivity contribution in [2.45, 2.75) is 50.2 Å². The van der Waals surface area contributed by atoms with E-state index in [9.17, 15) is 27.5 Å². The molecule has 2 aliphatic carbocycles. The van der Waals surface area contributed by atoms with Crippen LogP contribution in [0.4, 0.5) is 17.6 Å². The van der Waals surface area contributed by atoms with Crippen molar-refractivity contribution in [3.63, 3.8) is 0 Å². The molecule has 1 N–H and O–H groups in total. The maximum atomic E-state index is 13.3. The second kappa shape index (κ2) is 4.08. The predicted octanol–water partition coefficient (Wildman–Crippen LogP) is 1.98. The summed E-state index contributed by atoms with van der Waals surface area (Å²) in [6.45, 7) is 0.134. The molecule has 2 fully saturated rings. The van der Waals surface area contributed by atoms with Gasteiger partial charge < -0.3 is 9.84 Å². The third kappa shape index (κ3) is 1.98. The Kier molecular flexibility index (Phi) is 3.08. The van der Waals surface area contributed by atoms with Gasteiger partial charge in [-0.15, -0.1) is 0 Å². The molecule has 0 radical (unpaired) electrons. The molecule has 2 saturated carbocycles. The van der Waals surface area contributed by atoms with Gasteiger partial charge >= 0.3 is 12.1 Å². The zero-order valence-corrected chi connectivity index (χ0v) is 9.71. The SMILES string of the molecule is CC(F)(C(=O)OC1C2CCC(C2)C1O)C(F)(F)F. The number of carbonyl (C=O) groups excluding carboxylic acids is 1. The second-order valence-corrected chi connectivity index (χ2v) is 5.19. The molecule has 0 amide bonds. The summed E-state index contributed by atoms with van der Waals surface area (Å²) in [4.78, 5) is 11.3. The third-order valence-electron chi connectivity index (χ3n) is 3.96. The van der Waals surface area contributed by atoms with Gasteiger partial charge in [0.2, 0.25) is 0 Å². The molecule has 0 aromatic rings. The number of ether oxygens (including phenoxy) is 1. The van der Waals surface area contributed by atoms with Gasteiger partial charge in [0.25, 0.3) is 5.67 Å². The largest absolute Gasteiger partial charge is 0.457 e. The molecule has 0 aliphatic heterocycles. The van der Waals surface area contributed by atoms with E-state index in [1.54, 1.807) is 0 Å². The van der Waals surface area contributed by atoms with Gasteiger partial charge in [-0.2, -0.15) is 13.2 Å². The fraction of sp³-hybridized carbons (Fsp3) is 0.909. The number of esters is 1. The van der Waals surface area contributed by atoms with Crippen molar-refractivity contribution in [3.05, 3.63) is 0 Å². The van der Waals surface area contributed by atoms with Crippen molar-refractivity contribution < 1.29 is 32.2 Å². The van der Waals surface area contributed by atoms with Crippen molar-refractivity contribution >= 4 is 5.97 Å². The summed E-state index contributed by atoms with van der Waals surface area (Å²) in [5.74, 6) is -2.17. The molecule has 18 heavy (non-hydrogen) atoms. The van der Waals surface area contributed by atoms with E-state index in [4.69, 9.17) is 0 Å². The number of alkyl halides is 4. The van der Waals surface area contributed by atoms with Crippen molar-refractivity contribution in [2.24, 2.45) is 11.8 Å². The number of carbonyl (C=O) groups is 1. The molecule has 0 aromatic carbocycles. The lowest BCUT2D eigenvalue weighted by Crippen LogP contribution is -2.49. The zero-order valence-electron chi connectivity index (χ0n) is 9.71. The lowest BCUT2D eigenvalue weighted by atomic mass is 9.94. The highest BCUT2D eigenvalue weighted by molar-refractivity contribution is 5.80. The van der Waals surface area contributed by atoms with E-state index < -0.39 is 30.0 Å². The molecular weight excluding hydrogens is 256 g/mol. The highest BCUT2D eigenvalue weighted by atomic mass is 19.4. The highest BCUT2D eigenvalue weighted by Gasteiger charge is 2.61. The monoisotopic (exact) mass is 270 g/mol. The van der Waals surface area contributed by atoms with Crippen molar-refractivity contribution in [2.75, 3.05) is 0 Å². The molecule has 0 aromatic heterocycles. The molecule has 104 valence electrons. The van der Waals surface area contributed by atoms with E-state index >= 15 is 0 Å². The summed E-state index contributed by atoms with van der Waals surface area (Å²) in [5.41, 5.74) is -4.03. The molecule has 5 unspecified atom stereocenters. The van der Waals surface area contributed by atoms with Crippen LogP contribution in [0.3, 0.4) is 0 Å². The summed E-state index contributed by atoms with van der Waals surface area (Å²) in [6.07, 6.45) is -5.22. The quantitative estimate of drug-likeness (QED) is 0.616.